The first kappa shape index (κ1) is 17.6. The lowest BCUT2D eigenvalue weighted by Gasteiger charge is -2.49. The zero-order valence-electron chi connectivity index (χ0n) is 16.3. The van der Waals surface area contributed by atoms with Crippen LogP contribution >= 0.6 is 0 Å². The van der Waals surface area contributed by atoms with Crippen molar-refractivity contribution in [2.45, 2.75) is 52.2 Å². The number of hydrogen-bond donors (Lipinski definition) is 0. The number of quaternary nitrogens is 1. The van der Waals surface area contributed by atoms with Gasteiger partial charge in [0.05, 0.1) is 19.6 Å². The van der Waals surface area contributed by atoms with E-state index in [-0.39, 0.29) is 0 Å². The number of rotatable bonds is 6. The van der Waals surface area contributed by atoms with E-state index in [9.17, 15) is 0 Å². The molecule has 0 spiro atoms. The lowest BCUT2D eigenvalue weighted by atomic mass is 9.85. The van der Waals surface area contributed by atoms with Gasteiger partial charge in [0.25, 0.3) is 0 Å². The van der Waals surface area contributed by atoms with Crippen molar-refractivity contribution in [2.75, 3.05) is 19.6 Å². The largest absolute Gasteiger partial charge is 0.489 e. The molecule has 0 amide bonds. The minimum atomic E-state index is 0.564. The molecule has 2 aromatic rings. The van der Waals surface area contributed by atoms with E-state index < -0.39 is 0 Å². The zero-order chi connectivity index (χ0) is 18.0. The molecule has 3 fully saturated rings. The highest BCUT2D eigenvalue weighted by Crippen LogP contribution is 2.35. The van der Waals surface area contributed by atoms with E-state index in [4.69, 9.17) is 4.74 Å². The Kier molecular flexibility index (Phi) is 5.04. The topological polar surface area (TPSA) is 9.23 Å². The molecule has 2 heteroatoms. The van der Waals surface area contributed by atoms with Crippen LogP contribution in [0.1, 0.15) is 55.7 Å². The summed E-state index contributed by atoms with van der Waals surface area (Å²) in [4.78, 5) is 0. The van der Waals surface area contributed by atoms with E-state index in [1.54, 1.807) is 0 Å². The van der Waals surface area contributed by atoms with Crippen molar-refractivity contribution < 1.29 is 9.22 Å². The van der Waals surface area contributed by atoms with Crippen LogP contribution in [0.2, 0.25) is 0 Å². The molecule has 0 aliphatic carbocycles. The summed E-state index contributed by atoms with van der Waals surface area (Å²) in [5.41, 5.74) is 4.09. The van der Waals surface area contributed by atoms with Crippen LogP contribution < -0.4 is 4.74 Å². The van der Waals surface area contributed by atoms with Crippen molar-refractivity contribution in [3.63, 3.8) is 0 Å². The van der Waals surface area contributed by atoms with Gasteiger partial charge >= 0.3 is 0 Å². The van der Waals surface area contributed by atoms with Crippen molar-refractivity contribution in [1.29, 1.82) is 0 Å². The lowest BCUT2D eigenvalue weighted by molar-refractivity contribution is -0.955. The second kappa shape index (κ2) is 7.44. The molecule has 3 aliphatic rings. The SMILES string of the molecule is CC(C)c1ccc(OCc2ccc(C[N+]34CCC(CC3)CC4)cc2)cc1. The Balaban J connectivity index is 1.33. The second-order valence-electron chi connectivity index (χ2n) is 8.73. The fourth-order valence-electron chi connectivity index (χ4n) is 4.62. The Hall–Kier alpha value is -1.80. The molecule has 138 valence electrons. The highest BCUT2D eigenvalue weighted by Gasteiger charge is 2.39. The molecule has 2 nitrogen and oxygen atoms in total. The van der Waals surface area contributed by atoms with Crippen LogP contribution in [0.5, 0.6) is 5.75 Å². The van der Waals surface area contributed by atoms with Gasteiger partial charge in [-0.2, -0.15) is 0 Å². The molecule has 0 saturated carbocycles. The van der Waals surface area contributed by atoms with Crippen molar-refractivity contribution >= 4 is 0 Å². The van der Waals surface area contributed by atoms with E-state index in [1.807, 2.05) is 0 Å². The Bertz CT molecular complexity index is 695. The smallest absolute Gasteiger partial charge is 0.119 e. The summed E-state index contributed by atoms with van der Waals surface area (Å²) in [7, 11) is 0. The van der Waals surface area contributed by atoms with Crippen LogP contribution in [-0.4, -0.2) is 24.1 Å². The van der Waals surface area contributed by atoms with E-state index in [1.165, 1.54) is 66.6 Å². The zero-order valence-corrected chi connectivity index (χ0v) is 16.3. The molecule has 0 N–H and O–H groups in total. The Morgan fingerprint density at radius 1 is 0.846 bits per heavy atom. The third-order valence-corrected chi connectivity index (χ3v) is 6.53. The van der Waals surface area contributed by atoms with Gasteiger partial charge in [0.2, 0.25) is 0 Å². The van der Waals surface area contributed by atoms with Crippen LogP contribution in [0.15, 0.2) is 48.5 Å². The fourth-order valence-corrected chi connectivity index (χ4v) is 4.62. The molecule has 26 heavy (non-hydrogen) atoms. The Labute approximate surface area is 158 Å². The fraction of sp³-hybridized carbons (Fsp3) is 0.500. The summed E-state index contributed by atoms with van der Waals surface area (Å²) in [6, 6.07) is 17.6. The Morgan fingerprint density at radius 2 is 1.42 bits per heavy atom. The third kappa shape index (κ3) is 3.96. The first-order valence-corrected chi connectivity index (χ1v) is 10.3. The van der Waals surface area contributed by atoms with Crippen molar-refractivity contribution in [3.05, 3.63) is 65.2 Å². The number of piperidine rings is 3. The highest BCUT2D eigenvalue weighted by atomic mass is 16.5. The van der Waals surface area contributed by atoms with E-state index in [0.29, 0.717) is 12.5 Å². The molecule has 0 aromatic heterocycles. The molecule has 0 unspecified atom stereocenters. The number of fused-ring (bicyclic) bond motifs is 3. The molecule has 0 atom stereocenters. The van der Waals surface area contributed by atoms with E-state index >= 15 is 0 Å². The van der Waals surface area contributed by atoms with Gasteiger partial charge in [-0.3, -0.25) is 0 Å². The van der Waals surface area contributed by atoms with E-state index in [0.717, 1.165) is 11.7 Å². The number of hydrogen-bond acceptors (Lipinski definition) is 1. The number of nitrogens with zero attached hydrogens (tertiary/aromatic N) is 1. The maximum Gasteiger partial charge on any atom is 0.119 e. The average Bonchev–Trinajstić information content (AvgIpc) is 2.69. The van der Waals surface area contributed by atoms with Gasteiger partial charge < -0.3 is 9.22 Å². The maximum atomic E-state index is 5.96. The predicted molar refractivity (Wildman–Crippen MR) is 107 cm³/mol. The molecule has 5 rings (SSSR count). The standard InChI is InChI=1S/C24H32NO/c1-19(2)23-7-9-24(10-8-23)26-18-22-5-3-21(4-6-22)17-25-14-11-20(12-15-25)13-16-25/h3-10,19-20H,11-18H2,1-2H3/q+1. The van der Waals surface area contributed by atoms with Gasteiger partial charge in [-0.15, -0.1) is 0 Å². The second-order valence-corrected chi connectivity index (χ2v) is 8.73. The summed E-state index contributed by atoms with van der Waals surface area (Å²) >= 11 is 0. The summed E-state index contributed by atoms with van der Waals surface area (Å²) in [5.74, 6) is 2.55. The molecular weight excluding hydrogens is 318 g/mol. The summed E-state index contributed by atoms with van der Waals surface area (Å²) in [6.07, 6.45) is 4.34. The molecule has 2 aromatic carbocycles. The number of ether oxygens (including phenoxy) is 1. The highest BCUT2D eigenvalue weighted by molar-refractivity contribution is 5.29. The van der Waals surface area contributed by atoms with Crippen LogP contribution in [0, 0.1) is 5.92 Å². The molecular formula is C24H32NO+. The molecule has 3 aliphatic heterocycles. The minimum Gasteiger partial charge on any atom is -0.489 e. The molecule has 0 radical (unpaired) electrons. The van der Waals surface area contributed by atoms with Gasteiger partial charge in [0, 0.05) is 5.56 Å². The van der Waals surface area contributed by atoms with Crippen LogP contribution in [0.3, 0.4) is 0 Å². The summed E-state index contributed by atoms with van der Waals surface area (Å²) in [6.45, 7) is 10.5. The minimum absolute atomic E-state index is 0.564. The normalized spacial score (nSPS) is 24.8. The van der Waals surface area contributed by atoms with E-state index in [2.05, 4.69) is 62.4 Å². The van der Waals surface area contributed by atoms with Crippen LogP contribution in [0.4, 0.5) is 0 Å². The predicted octanol–water partition coefficient (Wildman–Crippen LogP) is 5.52. The van der Waals surface area contributed by atoms with Gasteiger partial charge in [0.15, 0.2) is 0 Å². The van der Waals surface area contributed by atoms with Crippen LogP contribution in [0.25, 0.3) is 0 Å². The average molecular weight is 351 g/mol. The third-order valence-electron chi connectivity index (χ3n) is 6.53. The van der Waals surface area contributed by atoms with Gasteiger partial charge in [0.1, 0.15) is 18.9 Å². The first-order chi connectivity index (χ1) is 12.6. The van der Waals surface area contributed by atoms with Gasteiger partial charge in [-0.25, -0.2) is 0 Å². The van der Waals surface area contributed by atoms with Gasteiger partial charge in [-0.05, 0) is 54.4 Å². The molecule has 3 heterocycles. The van der Waals surface area contributed by atoms with Gasteiger partial charge in [-0.1, -0.05) is 50.2 Å². The first-order valence-electron chi connectivity index (χ1n) is 10.3. The monoisotopic (exact) mass is 350 g/mol. The quantitative estimate of drug-likeness (QED) is 0.623. The summed E-state index contributed by atoms with van der Waals surface area (Å²) < 4.78 is 7.29. The Morgan fingerprint density at radius 3 is 2.00 bits per heavy atom. The summed E-state index contributed by atoms with van der Waals surface area (Å²) in [5, 5.41) is 0. The maximum absolute atomic E-state index is 5.96. The molecule has 3 saturated heterocycles. The van der Waals surface area contributed by atoms with Crippen molar-refractivity contribution in [1.82, 2.24) is 0 Å². The van der Waals surface area contributed by atoms with Crippen LogP contribution in [-0.2, 0) is 13.2 Å². The lowest BCUT2D eigenvalue weighted by Crippen LogP contribution is -2.57. The van der Waals surface area contributed by atoms with Crippen molar-refractivity contribution in [2.24, 2.45) is 5.92 Å². The molecule has 2 bridgehead atoms. The van der Waals surface area contributed by atoms with Crippen molar-refractivity contribution in [3.8, 4) is 5.75 Å². The number of benzene rings is 2.